The Bertz CT molecular complexity index is 211. The molecule has 0 aromatic carbocycles. The molecule has 2 atom stereocenters. The van der Waals surface area contributed by atoms with Gasteiger partial charge >= 0.3 is 5.97 Å². The molecule has 1 fully saturated rings. The lowest BCUT2D eigenvalue weighted by Crippen LogP contribution is -2.47. The van der Waals surface area contributed by atoms with Crippen LogP contribution in [0.2, 0.25) is 0 Å². The predicted molar refractivity (Wildman–Crippen MR) is 55.8 cm³/mol. The zero-order valence-electron chi connectivity index (χ0n) is 9.75. The summed E-state index contributed by atoms with van der Waals surface area (Å²) in [6.45, 7) is 9.40. The summed E-state index contributed by atoms with van der Waals surface area (Å²) in [5.41, 5.74) is 0. The molecular formula is C11H22NO2+. The number of ether oxygens (including phenoxy) is 1. The number of nitrogens with zero attached hydrogens (tertiary/aromatic N) is 1. The fourth-order valence-electron chi connectivity index (χ4n) is 2.00. The molecule has 1 aliphatic rings. The first-order chi connectivity index (χ1) is 6.50. The molecule has 3 nitrogen and oxygen atoms in total. The first-order valence-corrected chi connectivity index (χ1v) is 5.54. The normalized spacial score (nSPS) is 27.9. The van der Waals surface area contributed by atoms with E-state index in [0.717, 1.165) is 30.5 Å². The lowest BCUT2D eigenvalue weighted by atomic mass is 10.0. The Labute approximate surface area is 86.6 Å². The molecule has 0 radical (unpaired) electrons. The largest absolute Gasteiger partial charge is 0.462 e. The third-order valence-electron chi connectivity index (χ3n) is 3.46. The number of hydrogen-bond acceptors (Lipinski definition) is 2. The van der Waals surface area contributed by atoms with E-state index < -0.39 is 0 Å². The van der Waals surface area contributed by atoms with Crippen LogP contribution in [0.25, 0.3) is 0 Å². The fourth-order valence-corrected chi connectivity index (χ4v) is 2.00. The van der Waals surface area contributed by atoms with Crippen molar-refractivity contribution in [2.24, 2.45) is 5.92 Å². The Balaban J connectivity index is 2.55. The van der Waals surface area contributed by atoms with Crippen LogP contribution in [0.3, 0.4) is 0 Å². The standard InChI is InChI=1S/C11H22NO2/c1-5-12(4,6-2)8-10-7-9(3)14-11(10)13/h9-10H,5-8H2,1-4H3/q+1/t9-,10+/m1/s1. The van der Waals surface area contributed by atoms with Crippen molar-refractivity contribution in [1.82, 2.24) is 0 Å². The molecule has 3 heteroatoms. The highest BCUT2D eigenvalue weighted by atomic mass is 16.5. The van der Waals surface area contributed by atoms with Crippen molar-refractivity contribution >= 4 is 5.97 Å². The third kappa shape index (κ3) is 2.47. The van der Waals surface area contributed by atoms with Gasteiger partial charge in [0.15, 0.2) is 0 Å². The van der Waals surface area contributed by atoms with Gasteiger partial charge in [-0.1, -0.05) is 0 Å². The van der Waals surface area contributed by atoms with Gasteiger partial charge in [0.05, 0.1) is 26.7 Å². The van der Waals surface area contributed by atoms with E-state index in [1.54, 1.807) is 0 Å². The maximum absolute atomic E-state index is 11.5. The smallest absolute Gasteiger partial charge is 0.315 e. The lowest BCUT2D eigenvalue weighted by Gasteiger charge is -2.33. The van der Waals surface area contributed by atoms with Crippen molar-refractivity contribution in [3.8, 4) is 0 Å². The Kier molecular flexibility index (Phi) is 3.53. The molecule has 82 valence electrons. The number of quaternary nitrogens is 1. The number of carbonyl (C=O) groups is 1. The van der Waals surface area contributed by atoms with E-state index in [4.69, 9.17) is 4.74 Å². The van der Waals surface area contributed by atoms with E-state index in [1.807, 2.05) is 6.92 Å². The minimum absolute atomic E-state index is 0.00347. The van der Waals surface area contributed by atoms with Gasteiger partial charge < -0.3 is 9.22 Å². The van der Waals surface area contributed by atoms with E-state index in [9.17, 15) is 4.79 Å². The molecular weight excluding hydrogens is 178 g/mol. The van der Waals surface area contributed by atoms with E-state index in [0.29, 0.717) is 0 Å². The molecule has 1 aliphatic heterocycles. The molecule has 1 heterocycles. The second-order valence-electron chi connectivity index (χ2n) is 4.61. The van der Waals surface area contributed by atoms with Gasteiger partial charge in [-0.15, -0.1) is 0 Å². The van der Waals surface area contributed by atoms with Gasteiger partial charge in [-0.2, -0.15) is 0 Å². The van der Waals surface area contributed by atoms with Gasteiger partial charge in [-0.05, 0) is 20.8 Å². The van der Waals surface area contributed by atoms with E-state index in [1.165, 1.54) is 0 Å². The third-order valence-corrected chi connectivity index (χ3v) is 3.46. The number of cyclic esters (lactones) is 1. The molecule has 0 spiro atoms. The highest BCUT2D eigenvalue weighted by Crippen LogP contribution is 2.23. The zero-order valence-corrected chi connectivity index (χ0v) is 9.75. The van der Waals surface area contributed by atoms with Crippen LogP contribution >= 0.6 is 0 Å². The Morgan fingerprint density at radius 1 is 1.43 bits per heavy atom. The van der Waals surface area contributed by atoms with E-state index >= 15 is 0 Å². The van der Waals surface area contributed by atoms with Crippen LogP contribution in [0.15, 0.2) is 0 Å². The summed E-state index contributed by atoms with van der Waals surface area (Å²) in [4.78, 5) is 11.5. The fraction of sp³-hybridized carbons (Fsp3) is 0.909. The molecule has 0 aromatic rings. The first kappa shape index (κ1) is 11.5. The molecule has 0 aromatic heterocycles. The van der Waals surface area contributed by atoms with Gasteiger partial charge in [-0.25, -0.2) is 0 Å². The summed E-state index contributed by atoms with van der Waals surface area (Å²) in [6, 6.07) is 0. The number of rotatable bonds is 4. The molecule has 0 aliphatic carbocycles. The van der Waals surface area contributed by atoms with Crippen LogP contribution in [0.5, 0.6) is 0 Å². The average molecular weight is 200 g/mol. The van der Waals surface area contributed by atoms with Crippen LogP contribution in [-0.2, 0) is 9.53 Å². The van der Waals surface area contributed by atoms with Crippen molar-refractivity contribution in [2.45, 2.75) is 33.3 Å². The molecule has 0 unspecified atom stereocenters. The van der Waals surface area contributed by atoms with Gasteiger partial charge in [0.2, 0.25) is 0 Å². The van der Waals surface area contributed by atoms with Crippen molar-refractivity contribution in [3.05, 3.63) is 0 Å². The van der Waals surface area contributed by atoms with Crippen molar-refractivity contribution in [1.29, 1.82) is 0 Å². The summed E-state index contributed by atoms with van der Waals surface area (Å²) in [6.07, 6.45) is 1.02. The molecule has 0 saturated carbocycles. The van der Waals surface area contributed by atoms with Crippen LogP contribution in [0, 0.1) is 5.92 Å². The highest BCUT2D eigenvalue weighted by Gasteiger charge is 2.37. The number of carbonyl (C=O) groups excluding carboxylic acids is 1. The van der Waals surface area contributed by atoms with Crippen LogP contribution in [0.4, 0.5) is 0 Å². The number of esters is 1. The first-order valence-electron chi connectivity index (χ1n) is 5.54. The van der Waals surface area contributed by atoms with Gasteiger partial charge in [-0.3, -0.25) is 4.79 Å². The Morgan fingerprint density at radius 2 is 2.00 bits per heavy atom. The second-order valence-corrected chi connectivity index (χ2v) is 4.61. The Morgan fingerprint density at radius 3 is 2.36 bits per heavy atom. The van der Waals surface area contributed by atoms with Crippen LogP contribution < -0.4 is 0 Å². The summed E-state index contributed by atoms with van der Waals surface area (Å²) in [5, 5.41) is 0. The SMILES string of the molecule is CC[N+](C)(CC)C[C@@H]1C[C@@H](C)OC1=O. The maximum Gasteiger partial charge on any atom is 0.315 e. The van der Waals surface area contributed by atoms with Crippen LogP contribution in [0.1, 0.15) is 27.2 Å². The number of hydrogen-bond donors (Lipinski definition) is 0. The van der Waals surface area contributed by atoms with E-state index in [-0.39, 0.29) is 18.0 Å². The molecule has 1 saturated heterocycles. The Hall–Kier alpha value is -0.570. The average Bonchev–Trinajstić information content (AvgIpc) is 2.45. The molecule has 0 amide bonds. The zero-order chi connectivity index (χ0) is 10.8. The molecule has 1 rings (SSSR count). The summed E-state index contributed by atoms with van der Waals surface area (Å²) < 4.78 is 6.12. The summed E-state index contributed by atoms with van der Waals surface area (Å²) in [5.74, 6) is 0.124. The quantitative estimate of drug-likeness (QED) is 0.507. The minimum Gasteiger partial charge on any atom is -0.462 e. The van der Waals surface area contributed by atoms with Crippen LogP contribution in [-0.4, -0.2) is 43.2 Å². The lowest BCUT2D eigenvalue weighted by molar-refractivity contribution is -0.908. The molecule has 0 N–H and O–H groups in total. The highest BCUT2D eigenvalue weighted by molar-refractivity contribution is 5.74. The minimum atomic E-state index is 0.00347. The van der Waals surface area contributed by atoms with Gasteiger partial charge in [0.1, 0.15) is 12.0 Å². The summed E-state index contributed by atoms with van der Waals surface area (Å²) in [7, 11) is 2.20. The van der Waals surface area contributed by atoms with E-state index in [2.05, 4.69) is 20.9 Å². The molecule has 14 heavy (non-hydrogen) atoms. The van der Waals surface area contributed by atoms with Gasteiger partial charge in [0, 0.05) is 6.42 Å². The van der Waals surface area contributed by atoms with Crippen molar-refractivity contribution in [3.63, 3.8) is 0 Å². The topological polar surface area (TPSA) is 26.3 Å². The van der Waals surface area contributed by atoms with Gasteiger partial charge in [0.25, 0.3) is 0 Å². The predicted octanol–water partition coefficient (Wildman–Crippen LogP) is 1.42. The second kappa shape index (κ2) is 4.30. The van der Waals surface area contributed by atoms with Crippen molar-refractivity contribution < 1.29 is 14.0 Å². The maximum atomic E-state index is 11.5. The van der Waals surface area contributed by atoms with Crippen molar-refractivity contribution in [2.75, 3.05) is 26.7 Å². The summed E-state index contributed by atoms with van der Waals surface area (Å²) >= 11 is 0. The monoisotopic (exact) mass is 200 g/mol. The molecule has 0 bridgehead atoms.